The van der Waals surface area contributed by atoms with Gasteiger partial charge in [0.2, 0.25) is 17.6 Å². The number of nitrogens with two attached hydrogens (primary N) is 1. The smallest absolute Gasteiger partial charge is 0.239 e. The van der Waals surface area contributed by atoms with Gasteiger partial charge in [0.25, 0.3) is 0 Å². The number of hydrogen-bond donors (Lipinski definition) is 1. The predicted octanol–water partition coefficient (Wildman–Crippen LogP) is 1.92. The normalized spacial score (nSPS) is 16.8. The number of aromatic nitrogens is 3. The molecule has 0 bridgehead atoms. The van der Waals surface area contributed by atoms with Crippen LogP contribution in [0.1, 0.15) is 31.1 Å². The molecule has 2 aromatic heterocycles. The number of piperidine rings is 1. The Kier molecular flexibility index (Phi) is 6.04. The molecule has 1 amide bonds. The van der Waals surface area contributed by atoms with Crippen molar-refractivity contribution in [3.63, 3.8) is 0 Å². The number of amides is 1. The summed E-state index contributed by atoms with van der Waals surface area (Å²) >= 11 is 1.71. The van der Waals surface area contributed by atoms with Gasteiger partial charge in [0, 0.05) is 25.2 Å². The summed E-state index contributed by atoms with van der Waals surface area (Å²) in [7, 11) is 0. The van der Waals surface area contributed by atoms with Gasteiger partial charge in [0.1, 0.15) is 5.69 Å². The number of nitrogens with zero attached hydrogens (tertiary/aromatic N) is 4. The Hall–Kier alpha value is -1.93. The van der Waals surface area contributed by atoms with Crippen molar-refractivity contribution in [2.24, 2.45) is 5.73 Å². The van der Waals surface area contributed by atoms with Gasteiger partial charge in [0.15, 0.2) is 0 Å². The molecule has 2 N–H and O–H groups in total. The van der Waals surface area contributed by atoms with Gasteiger partial charge in [-0.2, -0.15) is 16.7 Å². The van der Waals surface area contributed by atoms with Crippen LogP contribution in [0.3, 0.4) is 0 Å². The van der Waals surface area contributed by atoms with E-state index in [0.29, 0.717) is 30.5 Å². The number of carbonyl (C=O) groups is 1. The molecule has 7 nitrogen and oxygen atoms in total. The first-order valence-electron chi connectivity index (χ1n) is 8.47. The number of rotatable bonds is 6. The molecule has 0 radical (unpaired) electrons. The summed E-state index contributed by atoms with van der Waals surface area (Å²) < 4.78 is 5.42. The lowest BCUT2D eigenvalue weighted by Crippen LogP contribution is -2.47. The Morgan fingerprint density at radius 1 is 1.44 bits per heavy atom. The third-order valence-corrected chi connectivity index (χ3v) is 5.09. The molecular formula is C17H23N5O2S. The van der Waals surface area contributed by atoms with Crippen molar-refractivity contribution in [1.29, 1.82) is 0 Å². The van der Waals surface area contributed by atoms with Crippen LogP contribution < -0.4 is 5.73 Å². The van der Waals surface area contributed by atoms with Crippen LogP contribution in [0, 0.1) is 0 Å². The summed E-state index contributed by atoms with van der Waals surface area (Å²) in [4.78, 5) is 22.9. The largest absolute Gasteiger partial charge is 0.341 e. The van der Waals surface area contributed by atoms with E-state index >= 15 is 0 Å². The van der Waals surface area contributed by atoms with E-state index < -0.39 is 6.04 Å². The van der Waals surface area contributed by atoms with Crippen LogP contribution in [0.25, 0.3) is 11.5 Å². The minimum atomic E-state index is -0.400. The van der Waals surface area contributed by atoms with Crippen molar-refractivity contribution in [2.75, 3.05) is 25.1 Å². The Morgan fingerprint density at radius 2 is 2.24 bits per heavy atom. The highest BCUT2D eigenvalue weighted by Gasteiger charge is 2.29. The number of likely N-dealkylation sites (tertiary alicyclic amines) is 1. The second-order valence-electron chi connectivity index (χ2n) is 6.16. The minimum absolute atomic E-state index is 0.0483. The second-order valence-corrected chi connectivity index (χ2v) is 7.14. The molecule has 2 aromatic rings. The molecule has 1 atom stereocenters. The zero-order valence-electron chi connectivity index (χ0n) is 14.3. The van der Waals surface area contributed by atoms with E-state index in [-0.39, 0.29) is 11.8 Å². The van der Waals surface area contributed by atoms with E-state index in [1.807, 2.05) is 29.4 Å². The standard InChI is InChI=1S/C17H23N5O2S/c1-25-11-7-13(18)17(23)22-9-5-12(6-10-22)16-20-15(21-24-16)14-4-2-3-8-19-14/h2-4,8,12-13H,5-7,9-11,18H2,1H3/t13-/m0/s1. The van der Waals surface area contributed by atoms with Gasteiger partial charge in [-0.05, 0) is 43.4 Å². The molecule has 0 aliphatic carbocycles. The first-order valence-corrected chi connectivity index (χ1v) is 9.86. The van der Waals surface area contributed by atoms with Gasteiger partial charge >= 0.3 is 0 Å². The third kappa shape index (κ3) is 4.38. The maximum absolute atomic E-state index is 12.4. The summed E-state index contributed by atoms with van der Waals surface area (Å²) in [6, 6.07) is 5.19. The molecule has 0 saturated carbocycles. The molecule has 3 heterocycles. The highest BCUT2D eigenvalue weighted by molar-refractivity contribution is 7.98. The molecule has 3 rings (SSSR count). The number of carbonyl (C=O) groups excluding carboxylic acids is 1. The average Bonchev–Trinajstić information content (AvgIpc) is 3.16. The topological polar surface area (TPSA) is 98.1 Å². The lowest BCUT2D eigenvalue weighted by molar-refractivity contribution is -0.133. The predicted molar refractivity (Wildman–Crippen MR) is 97.1 cm³/mol. The summed E-state index contributed by atoms with van der Waals surface area (Å²) in [5.41, 5.74) is 6.69. The molecular weight excluding hydrogens is 338 g/mol. The molecule has 0 unspecified atom stereocenters. The summed E-state index contributed by atoms with van der Waals surface area (Å²) in [6.45, 7) is 1.36. The molecule has 134 valence electrons. The third-order valence-electron chi connectivity index (χ3n) is 4.44. The minimum Gasteiger partial charge on any atom is -0.341 e. The van der Waals surface area contributed by atoms with Crippen molar-refractivity contribution in [1.82, 2.24) is 20.0 Å². The van der Waals surface area contributed by atoms with E-state index in [1.54, 1.807) is 18.0 Å². The molecule has 1 fully saturated rings. The summed E-state index contributed by atoms with van der Waals surface area (Å²) in [5, 5.41) is 4.03. The van der Waals surface area contributed by atoms with Crippen molar-refractivity contribution in [2.45, 2.75) is 31.2 Å². The van der Waals surface area contributed by atoms with Crippen LogP contribution in [0.2, 0.25) is 0 Å². The average molecular weight is 361 g/mol. The lowest BCUT2D eigenvalue weighted by Gasteiger charge is -2.32. The number of pyridine rings is 1. The quantitative estimate of drug-likeness (QED) is 0.839. The summed E-state index contributed by atoms with van der Waals surface area (Å²) in [5.74, 6) is 2.26. The molecule has 1 aliphatic heterocycles. The molecule has 1 saturated heterocycles. The molecule has 25 heavy (non-hydrogen) atoms. The van der Waals surface area contributed by atoms with Crippen LogP contribution in [0.4, 0.5) is 0 Å². The van der Waals surface area contributed by atoms with Crippen molar-refractivity contribution in [3.05, 3.63) is 30.3 Å². The van der Waals surface area contributed by atoms with E-state index in [4.69, 9.17) is 10.3 Å². The Labute approximate surface area is 151 Å². The van der Waals surface area contributed by atoms with Crippen LogP contribution in [-0.4, -0.2) is 57.1 Å². The fourth-order valence-corrected chi connectivity index (χ4v) is 3.44. The van der Waals surface area contributed by atoms with E-state index in [0.717, 1.165) is 25.0 Å². The van der Waals surface area contributed by atoms with Crippen LogP contribution in [-0.2, 0) is 4.79 Å². The molecule has 0 spiro atoms. The van der Waals surface area contributed by atoms with Crippen LogP contribution in [0.5, 0.6) is 0 Å². The van der Waals surface area contributed by atoms with Gasteiger partial charge in [-0.25, -0.2) is 0 Å². The van der Waals surface area contributed by atoms with E-state index in [1.165, 1.54) is 0 Å². The van der Waals surface area contributed by atoms with Gasteiger partial charge in [0.05, 0.1) is 6.04 Å². The Balaban J connectivity index is 1.56. The number of thioether (sulfide) groups is 1. The fourth-order valence-electron chi connectivity index (χ4n) is 2.95. The fraction of sp³-hybridized carbons (Fsp3) is 0.529. The van der Waals surface area contributed by atoms with Crippen LogP contribution in [0.15, 0.2) is 28.9 Å². The van der Waals surface area contributed by atoms with E-state index in [9.17, 15) is 4.79 Å². The maximum Gasteiger partial charge on any atom is 0.239 e. The molecule has 0 aromatic carbocycles. The van der Waals surface area contributed by atoms with Crippen molar-refractivity contribution in [3.8, 4) is 11.5 Å². The first kappa shape index (κ1) is 17.9. The second kappa shape index (κ2) is 8.44. The molecule has 1 aliphatic rings. The zero-order valence-corrected chi connectivity index (χ0v) is 15.1. The Bertz CT molecular complexity index is 685. The lowest BCUT2D eigenvalue weighted by atomic mass is 9.96. The van der Waals surface area contributed by atoms with Crippen molar-refractivity contribution >= 4 is 17.7 Å². The molecule has 8 heteroatoms. The van der Waals surface area contributed by atoms with Crippen LogP contribution >= 0.6 is 11.8 Å². The first-order chi connectivity index (χ1) is 12.2. The van der Waals surface area contributed by atoms with Gasteiger partial charge in [-0.3, -0.25) is 9.78 Å². The van der Waals surface area contributed by atoms with Gasteiger partial charge < -0.3 is 15.2 Å². The number of hydrogen-bond acceptors (Lipinski definition) is 7. The SMILES string of the molecule is CSCC[C@H](N)C(=O)N1CCC(c2nc(-c3ccccn3)no2)CC1. The summed E-state index contributed by atoms with van der Waals surface area (Å²) in [6.07, 6.45) is 6.06. The van der Waals surface area contributed by atoms with E-state index in [2.05, 4.69) is 15.1 Å². The van der Waals surface area contributed by atoms with Gasteiger partial charge in [-0.15, -0.1) is 0 Å². The highest BCUT2D eigenvalue weighted by atomic mass is 32.2. The van der Waals surface area contributed by atoms with Gasteiger partial charge in [-0.1, -0.05) is 11.2 Å². The highest BCUT2D eigenvalue weighted by Crippen LogP contribution is 2.28. The maximum atomic E-state index is 12.4. The zero-order chi connectivity index (χ0) is 17.6. The van der Waals surface area contributed by atoms with Crippen molar-refractivity contribution < 1.29 is 9.32 Å². The Morgan fingerprint density at radius 3 is 2.92 bits per heavy atom. The monoisotopic (exact) mass is 361 g/mol.